The van der Waals surface area contributed by atoms with Crippen LogP contribution in [0.3, 0.4) is 0 Å². The second-order valence-electron chi connectivity index (χ2n) is 17.9. The highest BCUT2D eigenvalue weighted by Gasteiger charge is 2.31. The van der Waals surface area contributed by atoms with Crippen molar-refractivity contribution >= 4 is 91.9 Å². The Morgan fingerprint density at radius 1 is 0.316 bits per heavy atom. The van der Waals surface area contributed by atoms with E-state index in [0.29, 0.717) is 55.6 Å². The summed E-state index contributed by atoms with van der Waals surface area (Å²) in [5.41, 5.74) is 10.4. The Morgan fingerprint density at radius 2 is 0.605 bits per heavy atom. The van der Waals surface area contributed by atoms with E-state index in [0.717, 1.165) is 50.1 Å². The van der Waals surface area contributed by atoms with Crippen molar-refractivity contribution in [1.29, 1.82) is 0 Å². The number of ether oxygens (including phenoxy) is 4. The molecule has 0 fully saturated rings. The average Bonchev–Trinajstić information content (AvgIpc) is 4.32. The first kappa shape index (κ1) is 53.8. The Bertz CT molecular complexity index is 3550. The maximum absolute atomic E-state index is 13.3. The molecule has 0 aliphatic rings. The first-order valence-electron chi connectivity index (χ1n) is 24.0. The highest BCUT2D eigenvalue weighted by Crippen LogP contribution is 2.48. The zero-order valence-corrected chi connectivity index (χ0v) is 48.3. The largest absolute Gasteiger partial charge is 0.465 e. The third-order valence-electron chi connectivity index (χ3n) is 12.8. The van der Waals surface area contributed by atoms with Gasteiger partial charge >= 0.3 is 23.9 Å². The third-order valence-corrected chi connectivity index (χ3v) is 19.8. The minimum atomic E-state index is -0.460. The Hall–Kier alpha value is -7.04. The minimum absolute atomic E-state index is 0.401. The van der Waals surface area contributed by atoms with Crippen LogP contribution in [0.5, 0.6) is 0 Å². The van der Waals surface area contributed by atoms with Crippen molar-refractivity contribution in [3.63, 3.8) is 0 Å². The zero-order chi connectivity index (χ0) is 53.9. The number of benzene rings is 4. The standard InChI is InChI=1S/C32H26O4S2.C30H26O4S4/c1-19-5-9-21(10-6-19)27-13-15-29(37-27)23-17-26(32(34)36-4)24(18-25(23)31(33)35-3)30-16-14-28(38-30)22-11-7-20(2)8-12-22;1-15-7-9-19(35-15)21-11-13-23(37-21)25-17(3)28(30(32)34-6)26(18(4)27(25)29(31)33-5)24-14-12-22(38-24)20-10-8-16(2)36-20/h5-18H,1-4H3;7-14H,1-6H3. The number of carbonyl (C=O) groups is 4. The van der Waals surface area contributed by atoms with E-state index in [9.17, 15) is 19.2 Å². The fourth-order valence-corrected chi connectivity index (χ4v) is 15.2. The zero-order valence-electron chi connectivity index (χ0n) is 43.4. The molecule has 0 spiro atoms. The number of hydrogen-bond acceptors (Lipinski definition) is 14. The lowest BCUT2D eigenvalue weighted by molar-refractivity contribution is 0.0586. The number of hydrogen-bond donors (Lipinski definition) is 0. The second kappa shape index (κ2) is 23.1. The van der Waals surface area contributed by atoms with Crippen LogP contribution in [0.15, 0.2) is 133 Å². The first-order chi connectivity index (χ1) is 36.6. The molecule has 4 aromatic carbocycles. The molecule has 10 rings (SSSR count). The lowest BCUT2D eigenvalue weighted by atomic mass is 9.86. The molecule has 0 saturated carbocycles. The second-order valence-corrected chi connectivity index (χ2v) is 24.8. The molecule has 6 aromatic heterocycles. The van der Waals surface area contributed by atoms with Crippen molar-refractivity contribution in [2.75, 3.05) is 28.4 Å². The molecule has 0 aliphatic carbocycles. The molecule has 0 atom stereocenters. The molecule has 0 N–H and O–H groups in total. The maximum atomic E-state index is 13.3. The summed E-state index contributed by atoms with van der Waals surface area (Å²) < 4.78 is 20.9. The van der Waals surface area contributed by atoms with Gasteiger partial charge in [-0.15, -0.1) is 68.0 Å². The average molecular weight is 1120 g/mol. The molecule has 14 heteroatoms. The molecule has 0 saturated heterocycles. The predicted octanol–water partition coefficient (Wildman–Crippen LogP) is 18.1. The Kier molecular flexibility index (Phi) is 16.3. The molecule has 0 aliphatic heterocycles. The lowest BCUT2D eigenvalue weighted by Crippen LogP contribution is -2.14. The summed E-state index contributed by atoms with van der Waals surface area (Å²) in [5, 5.41) is 0. The summed E-state index contributed by atoms with van der Waals surface area (Å²) in [6.07, 6.45) is 0. The molecule has 8 nitrogen and oxygen atoms in total. The van der Waals surface area contributed by atoms with E-state index < -0.39 is 23.9 Å². The summed E-state index contributed by atoms with van der Waals surface area (Å²) in [4.78, 5) is 65.3. The monoisotopic (exact) mass is 1120 g/mol. The summed E-state index contributed by atoms with van der Waals surface area (Å²) in [6, 6.07) is 44.8. The van der Waals surface area contributed by atoms with Crippen LogP contribution < -0.4 is 0 Å². The maximum Gasteiger partial charge on any atom is 0.338 e. The Morgan fingerprint density at radius 3 is 0.934 bits per heavy atom. The predicted molar refractivity (Wildman–Crippen MR) is 317 cm³/mol. The van der Waals surface area contributed by atoms with E-state index in [2.05, 4.69) is 113 Å². The summed E-state index contributed by atoms with van der Waals surface area (Å²) in [7, 11) is 5.52. The topological polar surface area (TPSA) is 105 Å². The van der Waals surface area contributed by atoms with Crippen molar-refractivity contribution < 1.29 is 38.1 Å². The molecular formula is C62H52O8S6. The van der Waals surface area contributed by atoms with Crippen LogP contribution >= 0.6 is 68.0 Å². The van der Waals surface area contributed by atoms with Gasteiger partial charge < -0.3 is 18.9 Å². The van der Waals surface area contributed by atoms with Crippen molar-refractivity contribution in [3.8, 4) is 82.2 Å². The van der Waals surface area contributed by atoms with Crippen LogP contribution in [0.4, 0.5) is 0 Å². The molecule has 10 aromatic rings. The fourth-order valence-electron chi connectivity index (χ4n) is 8.95. The van der Waals surface area contributed by atoms with Gasteiger partial charge in [-0.05, 0) is 149 Å². The van der Waals surface area contributed by atoms with Crippen LogP contribution in [-0.2, 0) is 18.9 Å². The van der Waals surface area contributed by atoms with Gasteiger partial charge in [-0.2, -0.15) is 0 Å². The van der Waals surface area contributed by atoms with Crippen molar-refractivity contribution in [2.24, 2.45) is 0 Å². The highest BCUT2D eigenvalue weighted by atomic mass is 32.1. The van der Waals surface area contributed by atoms with Crippen LogP contribution in [0, 0.1) is 41.5 Å². The molecular weight excluding hydrogens is 1070 g/mol. The van der Waals surface area contributed by atoms with Gasteiger partial charge in [-0.1, -0.05) is 59.7 Å². The molecule has 0 bridgehead atoms. The van der Waals surface area contributed by atoms with E-state index in [1.54, 1.807) is 80.2 Å². The number of methoxy groups -OCH3 is 4. The molecule has 6 heterocycles. The van der Waals surface area contributed by atoms with Gasteiger partial charge in [0.15, 0.2) is 0 Å². The normalized spacial score (nSPS) is 11.0. The number of carbonyl (C=O) groups excluding carboxylic acids is 4. The van der Waals surface area contributed by atoms with E-state index in [-0.39, 0.29) is 0 Å². The SMILES string of the molecule is COC(=O)c1c(C)c(-c2ccc(-c3ccc(C)s3)s2)c(C(=O)OC)c(C)c1-c1ccc(-c2ccc(C)s2)s1.COC(=O)c1cc(-c2ccc(-c3ccc(C)cc3)s2)c(C(=O)OC)cc1-c1ccc(-c2ccc(C)cc2)s1. The minimum Gasteiger partial charge on any atom is -0.465 e. The quantitative estimate of drug-likeness (QED) is 0.0880. The Labute approximate surface area is 466 Å². The summed E-state index contributed by atoms with van der Waals surface area (Å²) in [6.45, 7) is 12.1. The van der Waals surface area contributed by atoms with E-state index in [4.69, 9.17) is 18.9 Å². The van der Waals surface area contributed by atoms with Crippen LogP contribution in [-0.4, -0.2) is 52.3 Å². The van der Waals surface area contributed by atoms with Gasteiger partial charge in [0, 0.05) is 80.8 Å². The molecule has 384 valence electrons. The van der Waals surface area contributed by atoms with Gasteiger partial charge in [0.1, 0.15) is 0 Å². The highest BCUT2D eigenvalue weighted by molar-refractivity contribution is 7.24. The number of thiophene rings is 6. The van der Waals surface area contributed by atoms with Crippen LogP contribution in [0.2, 0.25) is 0 Å². The van der Waals surface area contributed by atoms with Gasteiger partial charge in [0.05, 0.1) is 50.7 Å². The van der Waals surface area contributed by atoms with E-state index >= 15 is 0 Å². The molecule has 0 unspecified atom stereocenters. The number of aryl methyl sites for hydroxylation is 4. The van der Waals surface area contributed by atoms with E-state index in [1.807, 2.05) is 50.2 Å². The van der Waals surface area contributed by atoms with Crippen LogP contribution in [0.1, 0.15) is 73.4 Å². The van der Waals surface area contributed by atoms with Gasteiger partial charge in [0.25, 0.3) is 0 Å². The van der Waals surface area contributed by atoms with Gasteiger partial charge in [-0.3, -0.25) is 0 Å². The smallest absolute Gasteiger partial charge is 0.338 e. The van der Waals surface area contributed by atoms with Crippen LogP contribution in [0.25, 0.3) is 82.2 Å². The van der Waals surface area contributed by atoms with Gasteiger partial charge in [-0.25, -0.2) is 19.2 Å². The summed E-state index contributed by atoms with van der Waals surface area (Å²) >= 11 is 9.80. The molecule has 0 amide bonds. The fraction of sp³-hybridized carbons (Fsp3) is 0.161. The van der Waals surface area contributed by atoms with Gasteiger partial charge in [0.2, 0.25) is 0 Å². The summed E-state index contributed by atoms with van der Waals surface area (Å²) in [5.74, 6) is -1.77. The Balaban J connectivity index is 0.000000186. The van der Waals surface area contributed by atoms with E-state index in [1.165, 1.54) is 59.1 Å². The first-order valence-corrected chi connectivity index (χ1v) is 28.9. The number of rotatable bonds is 12. The molecule has 0 radical (unpaired) electrons. The third kappa shape index (κ3) is 11.0. The number of esters is 4. The van der Waals surface area contributed by atoms with Crippen molar-refractivity contribution in [1.82, 2.24) is 0 Å². The lowest BCUT2D eigenvalue weighted by Gasteiger charge is -2.21. The van der Waals surface area contributed by atoms with Crippen molar-refractivity contribution in [2.45, 2.75) is 41.5 Å². The molecule has 76 heavy (non-hydrogen) atoms. The van der Waals surface area contributed by atoms with Crippen molar-refractivity contribution in [3.05, 3.63) is 188 Å².